The molecule has 1 aromatic heterocycles. The molecular formula is C24H24F2N4O2. The van der Waals surface area contributed by atoms with Crippen LogP contribution in [0, 0.1) is 17.6 Å². The summed E-state index contributed by atoms with van der Waals surface area (Å²) in [6, 6.07) is 14.4. The number of halogens is 2. The van der Waals surface area contributed by atoms with Crippen molar-refractivity contribution in [2.24, 2.45) is 5.92 Å². The average molecular weight is 438 g/mol. The molecule has 8 heteroatoms. The Hall–Kier alpha value is -3.55. The summed E-state index contributed by atoms with van der Waals surface area (Å²) in [6.07, 6.45) is 3.15. The van der Waals surface area contributed by atoms with Crippen molar-refractivity contribution in [2.45, 2.75) is 25.9 Å². The topological polar surface area (TPSA) is 67.2 Å². The van der Waals surface area contributed by atoms with Crippen LogP contribution in [0.15, 0.2) is 65.6 Å². The third-order valence-electron chi connectivity index (χ3n) is 5.58. The van der Waals surface area contributed by atoms with Crippen LogP contribution in [-0.4, -0.2) is 28.8 Å². The van der Waals surface area contributed by atoms with Gasteiger partial charge in [-0.05, 0) is 36.1 Å². The van der Waals surface area contributed by atoms with Crippen molar-refractivity contribution < 1.29 is 13.6 Å². The molecule has 1 N–H and O–H groups in total. The highest BCUT2D eigenvalue weighted by Crippen LogP contribution is 2.22. The average Bonchev–Trinajstić information content (AvgIpc) is 2.79. The van der Waals surface area contributed by atoms with E-state index in [-0.39, 0.29) is 23.9 Å². The molecule has 1 atom stereocenters. The maximum absolute atomic E-state index is 13.3. The number of benzene rings is 2. The number of nitrogens with one attached hydrogen (secondary N) is 1. The van der Waals surface area contributed by atoms with Gasteiger partial charge in [-0.25, -0.2) is 13.5 Å². The molecule has 0 radical (unpaired) electrons. The normalized spacial score (nSPS) is 16.1. The van der Waals surface area contributed by atoms with Gasteiger partial charge in [0, 0.05) is 31.8 Å². The van der Waals surface area contributed by atoms with Crippen LogP contribution in [0.5, 0.6) is 0 Å². The van der Waals surface area contributed by atoms with Crippen molar-refractivity contribution in [2.75, 3.05) is 18.0 Å². The lowest BCUT2D eigenvalue weighted by Crippen LogP contribution is -2.43. The molecule has 3 aromatic rings. The van der Waals surface area contributed by atoms with Gasteiger partial charge in [0.1, 0.15) is 11.6 Å². The predicted octanol–water partition coefficient (Wildman–Crippen LogP) is 3.10. The molecule has 2 aromatic carbocycles. The Kier molecular flexibility index (Phi) is 6.58. The molecule has 32 heavy (non-hydrogen) atoms. The minimum Gasteiger partial charge on any atom is -0.369 e. The van der Waals surface area contributed by atoms with Crippen LogP contribution in [0.1, 0.15) is 24.0 Å². The first-order valence-corrected chi connectivity index (χ1v) is 10.6. The van der Waals surface area contributed by atoms with E-state index in [0.29, 0.717) is 30.8 Å². The first-order chi connectivity index (χ1) is 15.5. The first-order valence-electron chi connectivity index (χ1n) is 10.6. The lowest BCUT2D eigenvalue weighted by Gasteiger charge is -2.33. The number of hydrogen-bond acceptors (Lipinski definition) is 4. The molecule has 1 unspecified atom stereocenters. The number of hydrogen-bond donors (Lipinski definition) is 1. The number of piperidine rings is 1. The van der Waals surface area contributed by atoms with Crippen molar-refractivity contribution in [1.82, 2.24) is 15.1 Å². The summed E-state index contributed by atoms with van der Waals surface area (Å²) >= 11 is 0. The Labute approximate surface area is 184 Å². The van der Waals surface area contributed by atoms with Gasteiger partial charge < -0.3 is 10.2 Å². The fraction of sp³-hybridized carbons (Fsp3) is 0.292. The van der Waals surface area contributed by atoms with E-state index in [1.165, 1.54) is 16.8 Å². The molecule has 4 rings (SSSR count). The molecule has 1 saturated heterocycles. The summed E-state index contributed by atoms with van der Waals surface area (Å²) in [5.74, 6) is -1.81. The van der Waals surface area contributed by atoms with E-state index in [0.717, 1.165) is 24.6 Å². The highest BCUT2D eigenvalue weighted by molar-refractivity contribution is 5.79. The predicted molar refractivity (Wildman–Crippen MR) is 117 cm³/mol. The molecule has 166 valence electrons. The SMILES string of the molecule is O=C(NCc1cc(F)cc(F)c1)C1CCCN(c2cnn(Cc3ccccc3)c(=O)c2)C1. The van der Waals surface area contributed by atoms with Crippen LogP contribution < -0.4 is 15.8 Å². The molecular weight excluding hydrogens is 414 g/mol. The van der Waals surface area contributed by atoms with Crippen molar-refractivity contribution in [3.63, 3.8) is 0 Å². The third kappa shape index (κ3) is 5.38. The van der Waals surface area contributed by atoms with Crippen LogP contribution in [0.4, 0.5) is 14.5 Å². The monoisotopic (exact) mass is 438 g/mol. The van der Waals surface area contributed by atoms with Gasteiger partial charge in [0.25, 0.3) is 5.56 Å². The number of aromatic nitrogens is 2. The Morgan fingerprint density at radius 2 is 1.81 bits per heavy atom. The maximum atomic E-state index is 13.3. The Morgan fingerprint density at radius 1 is 1.06 bits per heavy atom. The van der Waals surface area contributed by atoms with E-state index in [1.807, 2.05) is 35.2 Å². The van der Waals surface area contributed by atoms with Crippen molar-refractivity contribution in [3.8, 4) is 0 Å². The Bertz CT molecular complexity index is 1130. The van der Waals surface area contributed by atoms with Crippen LogP contribution in [-0.2, 0) is 17.9 Å². The third-order valence-corrected chi connectivity index (χ3v) is 5.58. The number of anilines is 1. The van der Waals surface area contributed by atoms with Crippen molar-refractivity contribution in [3.05, 3.63) is 93.9 Å². The van der Waals surface area contributed by atoms with E-state index >= 15 is 0 Å². The van der Waals surface area contributed by atoms with Crippen molar-refractivity contribution in [1.29, 1.82) is 0 Å². The standard InChI is InChI=1S/C24H24F2N4O2/c25-20-9-18(10-21(26)11-20)13-27-24(32)19-7-4-8-29(16-19)22-12-23(31)30(28-14-22)15-17-5-2-1-3-6-17/h1-3,5-6,9-12,14,19H,4,7-8,13,15-16H2,(H,27,32). The molecule has 0 saturated carbocycles. The second kappa shape index (κ2) is 9.72. The minimum absolute atomic E-state index is 0.0566. The van der Waals surface area contributed by atoms with Gasteiger partial charge in [0.05, 0.1) is 24.3 Å². The summed E-state index contributed by atoms with van der Waals surface area (Å²) in [6.45, 7) is 1.63. The highest BCUT2D eigenvalue weighted by atomic mass is 19.1. The fourth-order valence-electron chi connectivity index (χ4n) is 3.94. The largest absolute Gasteiger partial charge is 0.369 e. The van der Waals surface area contributed by atoms with E-state index in [4.69, 9.17) is 0 Å². The molecule has 1 aliphatic rings. The quantitative estimate of drug-likeness (QED) is 0.642. The number of rotatable bonds is 6. The minimum atomic E-state index is -0.674. The molecule has 2 heterocycles. The van der Waals surface area contributed by atoms with Crippen LogP contribution in [0.25, 0.3) is 0 Å². The zero-order valence-corrected chi connectivity index (χ0v) is 17.5. The van der Waals surface area contributed by atoms with Crippen LogP contribution >= 0.6 is 0 Å². The lowest BCUT2D eigenvalue weighted by atomic mass is 9.96. The van der Waals surface area contributed by atoms with Gasteiger partial charge in [-0.15, -0.1) is 0 Å². The molecule has 6 nitrogen and oxygen atoms in total. The van der Waals surface area contributed by atoms with E-state index < -0.39 is 11.6 Å². The second-order valence-electron chi connectivity index (χ2n) is 7.98. The number of nitrogens with zero attached hydrogens (tertiary/aromatic N) is 3. The zero-order valence-electron chi connectivity index (χ0n) is 17.5. The molecule has 0 bridgehead atoms. The zero-order chi connectivity index (χ0) is 22.5. The smallest absolute Gasteiger partial charge is 0.269 e. The number of amides is 1. The second-order valence-corrected chi connectivity index (χ2v) is 7.98. The lowest BCUT2D eigenvalue weighted by molar-refractivity contribution is -0.125. The van der Waals surface area contributed by atoms with Gasteiger partial charge >= 0.3 is 0 Å². The molecule has 1 amide bonds. The summed E-state index contributed by atoms with van der Waals surface area (Å²) < 4.78 is 28.1. The summed E-state index contributed by atoms with van der Waals surface area (Å²) in [4.78, 5) is 27.2. The Morgan fingerprint density at radius 3 is 2.53 bits per heavy atom. The molecule has 1 aliphatic heterocycles. The maximum Gasteiger partial charge on any atom is 0.269 e. The molecule has 0 aliphatic carbocycles. The van der Waals surface area contributed by atoms with Crippen molar-refractivity contribution >= 4 is 11.6 Å². The van der Waals surface area contributed by atoms with Gasteiger partial charge in [-0.3, -0.25) is 9.59 Å². The van der Waals surface area contributed by atoms with E-state index in [1.54, 1.807) is 12.3 Å². The van der Waals surface area contributed by atoms with E-state index in [2.05, 4.69) is 10.4 Å². The number of carbonyl (C=O) groups excluding carboxylic acids is 1. The van der Waals surface area contributed by atoms with Crippen LogP contribution in [0.3, 0.4) is 0 Å². The fourth-order valence-corrected chi connectivity index (χ4v) is 3.94. The van der Waals surface area contributed by atoms with Gasteiger partial charge in [0.15, 0.2) is 0 Å². The van der Waals surface area contributed by atoms with E-state index in [9.17, 15) is 18.4 Å². The van der Waals surface area contributed by atoms with Crippen LogP contribution in [0.2, 0.25) is 0 Å². The molecule has 1 fully saturated rings. The summed E-state index contributed by atoms with van der Waals surface area (Å²) in [5.41, 5.74) is 1.84. The molecule has 0 spiro atoms. The van der Waals surface area contributed by atoms with Gasteiger partial charge in [0.2, 0.25) is 5.91 Å². The summed E-state index contributed by atoms with van der Waals surface area (Å²) in [7, 11) is 0. The Balaban J connectivity index is 1.38. The summed E-state index contributed by atoms with van der Waals surface area (Å²) in [5, 5.41) is 7.06. The first kappa shape index (κ1) is 21.7. The number of carbonyl (C=O) groups is 1. The van der Waals surface area contributed by atoms with Gasteiger partial charge in [-0.1, -0.05) is 30.3 Å². The highest BCUT2D eigenvalue weighted by Gasteiger charge is 2.26. The van der Waals surface area contributed by atoms with Gasteiger partial charge in [-0.2, -0.15) is 5.10 Å².